The number of aryl methyl sites for hydroxylation is 2. The van der Waals surface area contributed by atoms with E-state index < -0.39 is 0 Å². The first-order valence-electron chi connectivity index (χ1n) is 9.29. The molecule has 1 aromatic heterocycles. The predicted molar refractivity (Wildman–Crippen MR) is 118 cm³/mol. The maximum absolute atomic E-state index is 6.01. The van der Waals surface area contributed by atoms with Crippen molar-refractivity contribution < 1.29 is 4.74 Å². The molecule has 0 bridgehead atoms. The van der Waals surface area contributed by atoms with Crippen LogP contribution in [0.1, 0.15) is 31.7 Å². The molecule has 0 aliphatic carbocycles. The van der Waals surface area contributed by atoms with Gasteiger partial charge in [-0.15, -0.1) is 24.0 Å². The third kappa shape index (κ3) is 6.08. The summed E-state index contributed by atoms with van der Waals surface area (Å²) in [6.07, 6.45) is 3.59. The Morgan fingerprint density at radius 2 is 2.22 bits per heavy atom. The van der Waals surface area contributed by atoms with E-state index in [1.54, 1.807) is 6.33 Å². The molecule has 7 nitrogen and oxygen atoms in total. The van der Waals surface area contributed by atoms with Gasteiger partial charge in [0.1, 0.15) is 24.0 Å². The smallest absolute Gasteiger partial charge is 0.191 e. The minimum atomic E-state index is -0.000157. The van der Waals surface area contributed by atoms with E-state index in [4.69, 9.17) is 9.73 Å². The second kappa shape index (κ2) is 10.5. The summed E-state index contributed by atoms with van der Waals surface area (Å²) in [6, 6.07) is 8.36. The van der Waals surface area contributed by atoms with E-state index in [2.05, 4.69) is 40.6 Å². The highest BCUT2D eigenvalue weighted by atomic mass is 127. The van der Waals surface area contributed by atoms with Gasteiger partial charge >= 0.3 is 0 Å². The van der Waals surface area contributed by atoms with Gasteiger partial charge in [0, 0.05) is 19.0 Å². The van der Waals surface area contributed by atoms with Crippen molar-refractivity contribution in [3.63, 3.8) is 0 Å². The van der Waals surface area contributed by atoms with Crippen molar-refractivity contribution in [2.75, 3.05) is 13.1 Å². The van der Waals surface area contributed by atoms with Crippen LogP contribution >= 0.6 is 24.0 Å². The molecular formula is C19H29IN6O. The van der Waals surface area contributed by atoms with E-state index in [-0.39, 0.29) is 30.1 Å². The van der Waals surface area contributed by atoms with Crippen molar-refractivity contribution in [3.8, 4) is 5.75 Å². The number of aliphatic imine (C=N–C) groups is 1. The lowest BCUT2D eigenvalue weighted by molar-refractivity contribution is 0.228. The van der Waals surface area contributed by atoms with Gasteiger partial charge in [-0.05, 0) is 38.8 Å². The van der Waals surface area contributed by atoms with Gasteiger partial charge in [-0.2, -0.15) is 5.10 Å². The molecule has 0 amide bonds. The van der Waals surface area contributed by atoms with Gasteiger partial charge in [0.2, 0.25) is 0 Å². The Kier molecular flexibility index (Phi) is 8.33. The van der Waals surface area contributed by atoms with Crippen LogP contribution in [-0.2, 0) is 13.0 Å². The molecule has 1 aromatic carbocycles. The molecule has 0 saturated carbocycles. The van der Waals surface area contributed by atoms with Gasteiger partial charge in [0.15, 0.2) is 5.96 Å². The quantitative estimate of drug-likeness (QED) is 0.375. The molecule has 2 aromatic rings. The van der Waals surface area contributed by atoms with E-state index in [0.717, 1.165) is 49.0 Å². The van der Waals surface area contributed by atoms with Crippen LogP contribution in [-0.4, -0.2) is 46.0 Å². The Morgan fingerprint density at radius 3 is 3.00 bits per heavy atom. The summed E-state index contributed by atoms with van der Waals surface area (Å²) < 4.78 is 7.98. The molecule has 0 fully saturated rings. The summed E-state index contributed by atoms with van der Waals surface area (Å²) in [5.41, 5.74) is 1.14. The number of halogens is 1. The zero-order valence-electron chi connectivity index (χ0n) is 16.2. The van der Waals surface area contributed by atoms with Gasteiger partial charge in [0.25, 0.3) is 0 Å². The molecule has 148 valence electrons. The number of hydrogen-bond donors (Lipinski definition) is 2. The second-order valence-corrected chi connectivity index (χ2v) is 6.65. The lowest BCUT2D eigenvalue weighted by atomic mass is 10.1. The van der Waals surface area contributed by atoms with E-state index in [9.17, 15) is 0 Å². The monoisotopic (exact) mass is 484 g/mol. The summed E-state index contributed by atoms with van der Waals surface area (Å²) in [7, 11) is 0. The van der Waals surface area contributed by atoms with E-state index in [1.807, 2.05) is 29.8 Å². The number of nitrogens with zero attached hydrogens (tertiary/aromatic N) is 4. The minimum Gasteiger partial charge on any atom is -0.489 e. The summed E-state index contributed by atoms with van der Waals surface area (Å²) in [4.78, 5) is 8.98. The number of para-hydroxylation sites is 1. The van der Waals surface area contributed by atoms with Gasteiger partial charge in [0.05, 0.1) is 13.1 Å². The first-order chi connectivity index (χ1) is 12.7. The molecule has 2 unspecified atom stereocenters. The van der Waals surface area contributed by atoms with Crippen LogP contribution in [0.2, 0.25) is 0 Å². The number of nitrogens with one attached hydrogen (secondary N) is 2. The maximum Gasteiger partial charge on any atom is 0.191 e. The fourth-order valence-corrected chi connectivity index (χ4v) is 3.03. The Hall–Kier alpha value is -1.84. The highest BCUT2D eigenvalue weighted by Gasteiger charge is 2.20. The van der Waals surface area contributed by atoms with E-state index in [1.165, 1.54) is 0 Å². The van der Waals surface area contributed by atoms with Crippen molar-refractivity contribution >= 4 is 29.9 Å². The van der Waals surface area contributed by atoms with Crippen LogP contribution < -0.4 is 15.4 Å². The molecular weight excluding hydrogens is 455 g/mol. The van der Waals surface area contributed by atoms with E-state index >= 15 is 0 Å². The molecule has 2 atom stereocenters. The van der Waals surface area contributed by atoms with Crippen molar-refractivity contribution in [2.45, 2.75) is 52.3 Å². The topological polar surface area (TPSA) is 76.4 Å². The van der Waals surface area contributed by atoms with Crippen molar-refractivity contribution in [3.05, 3.63) is 42.0 Å². The van der Waals surface area contributed by atoms with E-state index in [0.29, 0.717) is 12.6 Å². The largest absolute Gasteiger partial charge is 0.489 e. The minimum absolute atomic E-state index is 0. The maximum atomic E-state index is 6.01. The van der Waals surface area contributed by atoms with Crippen molar-refractivity contribution in [2.24, 2.45) is 4.99 Å². The molecule has 2 heterocycles. The van der Waals surface area contributed by atoms with Crippen LogP contribution in [0.4, 0.5) is 0 Å². The summed E-state index contributed by atoms with van der Waals surface area (Å²) in [6.45, 7) is 8.39. The van der Waals surface area contributed by atoms with Crippen LogP contribution in [0.15, 0.2) is 35.6 Å². The SMILES string of the molecule is CCNC(=NCC(C)Oc1ccccc1C)NC1CCc2ncnn2C1.I. The number of benzene rings is 1. The van der Waals surface area contributed by atoms with Crippen LogP contribution in [0.25, 0.3) is 0 Å². The van der Waals surface area contributed by atoms with Gasteiger partial charge in [-0.3, -0.25) is 0 Å². The van der Waals surface area contributed by atoms with Gasteiger partial charge in [-0.25, -0.2) is 14.7 Å². The average Bonchev–Trinajstić information content (AvgIpc) is 3.10. The normalized spacial score (nSPS) is 17.4. The lowest BCUT2D eigenvalue weighted by Gasteiger charge is -2.25. The Balaban J connectivity index is 0.00000261. The van der Waals surface area contributed by atoms with Crippen LogP contribution in [0.3, 0.4) is 0 Å². The second-order valence-electron chi connectivity index (χ2n) is 6.65. The summed E-state index contributed by atoms with van der Waals surface area (Å²) in [5, 5.41) is 11.1. The molecule has 27 heavy (non-hydrogen) atoms. The zero-order chi connectivity index (χ0) is 18.4. The fraction of sp³-hybridized carbons (Fsp3) is 0.526. The molecule has 0 spiro atoms. The van der Waals surface area contributed by atoms with Crippen molar-refractivity contribution in [1.82, 2.24) is 25.4 Å². The molecule has 1 aliphatic heterocycles. The Morgan fingerprint density at radius 1 is 1.41 bits per heavy atom. The number of fused-ring (bicyclic) bond motifs is 1. The number of aromatic nitrogens is 3. The first-order valence-corrected chi connectivity index (χ1v) is 9.29. The molecule has 1 aliphatic rings. The standard InChI is InChI=1S/C19H28N6O.HI/c1-4-20-19(24-16-9-10-18-22-13-23-25(18)12-16)21-11-15(3)26-17-8-6-5-7-14(17)2;/h5-8,13,15-16H,4,9-12H2,1-3H3,(H2,20,21,24);1H. The first kappa shape index (κ1) is 21.5. The summed E-state index contributed by atoms with van der Waals surface area (Å²) in [5.74, 6) is 2.80. The highest BCUT2D eigenvalue weighted by Crippen LogP contribution is 2.17. The molecule has 2 N–H and O–H groups in total. The van der Waals surface area contributed by atoms with Crippen molar-refractivity contribution in [1.29, 1.82) is 0 Å². The Bertz CT molecular complexity index is 747. The van der Waals surface area contributed by atoms with Crippen LogP contribution in [0.5, 0.6) is 5.75 Å². The fourth-order valence-electron chi connectivity index (χ4n) is 3.03. The Labute approximate surface area is 178 Å². The molecule has 0 saturated heterocycles. The third-order valence-electron chi connectivity index (χ3n) is 4.42. The average molecular weight is 484 g/mol. The van der Waals surface area contributed by atoms with Gasteiger partial charge in [-0.1, -0.05) is 18.2 Å². The van der Waals surface area contributed by atoms with Crippen LogP contribution in [0, 0.1) is 6.92 Å². The number of ether oxygens (including phenoxy) is 1. The molecule has 8 heteroatoms. The molecule has 3 rings (SSSR count). The number of hydrogen-bond acceptors (Lipinski definition) is 4. The number of guanidine groups is 1. The van der Waals surface area contributed by atoms with Gasteiger partial charge < -0.3 is 15.4 Å². The highest BCUT2D eigenvalue weighted by molar-refractivity contribution is 14.0. The number of rotatable bonds is 6. The predicted octanol–water partition coefficient (Wildman–Crippen LogP) is 2.54. The third-order valence-corrected chi connectivity index (χ3v) is 4.42. The molecule has 0 radical (unpaired) electrons. The summed E-state index contributed by atoms with van der Waals surface area (Å²) >= 11 is 0. The zero-order valence-corrected chi connectivity index (χ0v) is 18.5. The lowest BCUT2D eigenvalue weighted by Crippen LogP contribution is -2.47.